The number of rotatable bonds is 8. The number of hydrogen-bond acceptors (Lipinski definition) is 7. The standard InChI is InChI=1S/C27H37N5O6/c1-17(2)14-21(29-26(36)19-4-6-20(7-5-19)30-10-12-38-13-11-30)27(37)31-9-8-22-25(31)23(34)16-32(22)24(35)15-28-18(3)33/h4-7,17,21-22,25H,8-16H2,1-3H3,(H,28,33)(H,29,36). The van der Waals surface area contributed by atoms with Gasteiger partial charge in [-0.25, -0.2) is 0 Å². The Hall–Kier alpha value is -3.47. The van der Waals surface area contributed by atoms with Crippen molar-refractivity contribution < 1.29 is 28.7 Å². The molecule has 0 radical (unpaired) electrons. The third-order valence-electron chi connectivity index (χ3n) is 7.33. The molecule has 0 aliphatic carbocycles. The van der Waals surface area contributed by atoms with Crippen molar-refractivity contribution in [2.45, 2.75) is 51.7 Å². The topological polar surface area (TPSA) is 128 Å². The van der Waals surface area contributed by atoms with Gasteiger partial charge in [-0.3, -0.25) is 24.0 Å². The molecule has 1 aromatic carbocycles. The highest BCUT2D eigenvalue weighted by molar-refractivity contribution is 6.01. The number of Topliss-reactive ketones (excluding diaryl/α,β-unsaturated/α-hetero) is 1. The number of carbonyl (C=O) groups is 5. The van der Waals surface area contributed by atoms with Gasteiger partial charge in [0.25, 0.3) is 5.91 Å². The molecule has 0 spiro atoms. The molecular formula is C27H37N5O6. The predicted molar refractivity (Wildman–Crippen MR) is 139 cm³/mol. The lowest BCUT2D eigenvalue weighted by Crippen LogP contribution is -2.53. The van der Waals surface area contributed by atoms with Crippen molar-refractivity contribution in [1.29, 1.82) is 0 Å². The number of morpholine rings is 1. The number of anilines is 1. The summed E-state index contributed by atoms with van der Waals surface area (Å²) in [5.74, 6) is -1.41. The van der Waals surface area contributed by atoms with E-state index in [-0.39, 0.29) is 48.4 Å². The van der Waals surface area contributed by atoms with E-state index >= 15 is 0 Å². The van der Waals surface area contributed by atoms with Crippen LogP contribution in [0.2, 0.25) is 0 Å². The van der Waals surface area contributed by atoms with Gasteiger partial charge in [0.05, 0.1) is 32.3 Å². The van der Waals surface area contributed by atoms with Crippen LogP contribution >= 0.6 is 0 Å². The van der Waals surface area contributed by atoms with Crippen LogP contribution in [0.1, 0.15) is 44.0 Å². The van der Waals surface area contributed by atoms with E-state index in [0.29, 0.717) is 38.2 Å². The normalized spacial score (nSPS) is 21.9. The number of hydrogen-bond donors (Lipinski definition) is 2. The van der Waals surface area contributed by atoms with E-state index in [1.54, 1.807) is 12.1 Å². The number of nitrogens with one attached hydrogen (secondary N) is 2. The SMILES string of the molecule is CC(=O)NCC(=O)N1CC(=O)C2C1CCN2C(=O)C(CC(C)C)NC(=O)c1ccc(N2CCOCC2)cc1. The van der Waals surface area contributed by atoms with Crippen LogP contribution in [0, 0.1) is 5.92 Å². The molecule has 3 atom stereocenters. The second kappa shape index (κ2) is 11.9. The fraction of sp³-hybridized carbons (Fsp3) is 0.593. The first-order valence-electron chi connectivity index (χ1n) is 13.3. The van der Waals surface area contributed by atoms with Crippen molar-refractivity contribution in [3.05, 3.63) is 29.8 Å². The first-order chi connectivity index (χ1) is 18.2. The van der Waals surface area contributed by atoms with Crippen molar-refractivity contribution in [2.24, 2.45) is 5.92 Å². The van der Waals surface area contributed by atoms with Crippen molar-refractivity contribution in [3.63, 3.8) is 0 Å². The van der Waals surface area contributed by atoms with Gasteiger partial charge in [-0.15, -0.1) is 0 Å². The molecule has 11 nitrogen and oxygen atoms in total. The van der Waals surface area contributed by atoms with Crippen LogP contribution in [0.25, 0.3) is 0 Å². The van der Waals surface area contributed by atoms with Crippen LogP contribution in [0.4, 0.5) is 5.69 Å². The molecule has 38 heavy (non-hydrogen) atoms. The lowest BCUT2D eigenvalue weighted by Gasteiger charge is -2.29. The van der Waals surface area contributed by atoms with Gasteiger partial charge in [-0.05, 0) is 43.0 Å². The van der Waals surface area contributed by atoms with E-state index in [1.165, 1.54) is 16.7 Å². The fourth-order valence-corrected chi connectivity index (χ4v) is 5.47. The molecule has 3 aliphatic rings. The minimum absolute atomic E-state index is 0.0891. The van der Waals surface area contributed by atoms with E-state index in [2.05, 4.69) is 15.5 Å². The molecule has 1 aromatic rings. The molecule has 3 heterocycles. The van der Waals surface area contributed by atoms with Crippen molar-refractivity contribution >= 4 is 35.1 Å². The Morgan fingerprint density at radius 3 is 2.34 bits per heavy atom. The van der Waals surface area contributed by atoms with Gasteiger partial charge < -0.3 is 30.1 Å². The molecule has 3 unspecified atom stereocenters. The molecule has 4 amide bonds. The zero-order valence-electron chi connectivity index (χ0n) is 22.3. The molecule has 3 aliphatic heterocycles. The average Bonchev–Trinajstić information content (AvgIpc) is 3.48. The molecule has 0 saturated carbocycles. The van der Waals surface area contributed by atoms with Gasteiger partial charge in [0, 0.05) is 37.8 Å². The van der Waals surface area contributed by atoms with Crippen LogP contribution in [0.15, 0.2) is 24.3 Å². The maximum absolute atomic E-state index is 13.7. The van der Waals surface area contributed by atoms with Gasteiger partial charge >= 0.3 is 0 Å². The van der Waals surface area contributed by atoms with Gasteiger partial charge in [-0.1, -0.05) is 13.8 Å². The van der Waals surface area contributed by atoms with E-state index in [0.717, 1.165) is 18.8 Å². The van der Waals surface area contributed by atoms with E-state index < -0.39 is 18.1 Å². The van der Waals surface area contributed by atoms with E-state index in [1.807, 2.05) is 26.0 Å². The highest BCUT2D eigenvalue weighted by Gasteiger charge is 2.52. The summed E-state index contributed by atoms with van der Waals surface area (Å²) >= 11 is 0. The molecule has 0 bridgehead atoms. The van der Waals surface area contributed by atoms with Gasteiger partial charge in [0.15, 0.2) is 5.78 Å². The molecule has 3 fully saturated rings. The zero-order valence-corrected chi connectivity index (χ0v) is 22.3. The maximum Gasteiger partial charge on any atom is 0.251 e. The van der Waals surface area contributed by atoms with Crippen LogP contribution < -0.4 is 15.5 Å². The van der Waals surface area contributed by atoms with Crippen LogP contribution in [0.3, 0.4) is 0 Å². The summed E-state index contributed by atoms with van der Waals surface area (Å²) in [5.41, 5.74) is 1.47. The molecule has 0 aromatic heterocycles. The van der Waals surface area contributed by atoms with Crippen molar-refractivity contribution in [1.82, 2.24) is 20.4 Å². The summed E-state index contributed by atoms with van der Waals surface area (Å²) < 4.78 is 5.40. The Balaban J connectivity index is 1.43. The van der Waals surface area contributed by atoms with Crippen LogP contribution in [-0.2, 0) is 23.9 Å². The summed E-state index contributed by atoms with van der Waals surface area (Å²) in [7, 11) is 0. The van der Waals surface area contributed by atoms with Crippen molar-refractivity contribution in [3.8, 4) is 0 Å². The van der Waals surface area contributed by atoms with Gasteiger partial charge in [0.2, 0.25) is 17.7 Å². The minimum Gasteiger partial charge on any atom is -0.378 e. The Bertz CT molecular complexity index is 1070. The number of nitrogens with zero attached hydrogens (tertiary/aromatic N) is 3. The number of carbonyl (C=O) groups excluding carboxylic acids is 5. The zero-order chi connectivity index (χ0) is 27.4. The monoisotopic (exact) mass is 527 g/mol. The molecule has 3 saturated heterocycles. The quantitative estimate of drug-likeness (QED) is 0.494. The Morgan fingerprint density at radius 1 is 1.03 bits per heavy atom. The number of fused-ring (bicyclic) bond motifs is 1. The lowest BCUT2D eigenvalue weighted by molar-refractivity contribution is -0.138. The summed E-state index contributed by atoms with van der Waals surface area (Å²) in [4.78, 5) is 68.7. The third kappa shape index (κ3) is 6.15. The number of ether oxygens (including phenoxy) is 1. The number of ketones is 1. The van der Waals surface area contributed by atoms with Gasteiger partial charge in [-0.2, -0.15) is 0 Å². The van der Waals surface area contributed by atoms with Gasteiger partial charge in [0.1, 0.15) is 12.1 Å². The minimum atomic E-state index is -0.794. The molecule has 4 rings (SSSR count). The average molecular weight is 528 g/mol. The van der Waals surface area contributed by atoms with E-state index in [9.17, 15) is 24.0 Å². The van der Waals surface area contributed by atoms with Crippen LogP contribution in [0.5, 0.6) is 0 Å². The molecule has 2 N–H and O–H groups in total. The first kappa shape index (κ1) is 27.6. The first-order valence-corrected chi connectivity index (χ1v) is 13.3. The smallest absolute Gasteiger partial charge is 0.251 e. The molecule has 206 valence electrons. The fourth-order valence-electron chi connectivity index (χ4n) is 5.47. The van der Waals surface area contributed by atoms with Crippen molar-refractivity contribution in [2.75, 3.05) is 50.8 Å². The highest BCUT2D eigenvalue weighted by atomic mass is 16.5. The predicted octanol–water partition coefficient (Wildman–Crippen LogP) is 0.185. The maximum atomic E-state index is 13.7. The molecular weight excluding hydrogens is 490 g/mol. The highest BCUT2D eigenvalue weighted by Crippen LogP contribution is 2.31. The lowest BCUT2D eigenvalue weighted by atomic mass is 10.0. The second-order valence-electron chi connectivity index (χ2n) is 10.5. The summed E-state index contributed by atoms with van der Waals surface area (Å²) in [5, 5.41) is 5.37. The van der Waals surface area contributed by atoms with E-state index in [4.69, 9.17) is 4.74 Å². The summed E-state index contributed by atoms with van der Waals surface area (Å²) in [6.07, 6.45) is 0.892. The number of likely N-dealkylation sites (tertiary alicyclic amines) is 2. The Kier molecular flexibility index (Phi) is 8.65. The Morgan fingerprint density at radius 2 is 1.71 bits per heavy atom. The van der Waals surface area contributed by atoms with Crippen LogP contribution in [-0.4, -0.2) is 103 Å². The Labute approximate surface area is 222 Å². The summed E-state index contributed by atoms with van der Waals surface area (Å²) in [6.45, 7) is 8.24. The third-order valence-corrected chi connectivity index (χ3v) is 7.33. The largest absolute Gasteiger partial charge is 0.378 e. The number of benzene rings is 1. The summed E-state index contributed by atoms with van der Waals surface area (Å²) in [6, 6.07) is 5.35. The number of amides is 4. The second-order valence-corrected chi connectivity index (χ2v) is 10.5. The molecule has 11 heteroatoms.